The Bertz CT molecular complexity index is 826. The van der Waals surface area contributed by atoms with Crippen molar-refractivity contribution in [3.05, 3.63) is 40.4 Å². The maximum absolute atomic E-state index is 12.4. The van der Waals surface area contributed by atoms with Crippen molar-refractivity contribution in [2.24, 2.45) is 0 Å². The van der Waals surface area contributed by atoms with Gasteiger partial charge < -0.3 is 0 Å². The van der Waals surface area contributed by atoms with E-state index in [0.29, 0.717) is 11.2 Å². The molecule has 0 aliphatic carbocycles. The summed E-state index contributed by atoms with van der Waals surface area (Å²) in [7, 11) is 0. The summed E-state index contributed by atoms with van der Waals surface area (Å²) >= 11 is 0. The number of H-pyrrole nitrogens is 1. The molecule has 0 fully saturated rings. The number of fused-ring (bicyclic) bond motifs is 1. The Kier molecular flexibility index (Phi) is 1.57. The molecule has 0 radical (unpaired) electrons. The van der Waals surface area contributed by atoms with Crippen molar-refractivity contribution in [3.63, 3.8) is 0 Å². The van der Waals surface area contributed by atoms with Gasteiger partial charge in [-0.15, -0.1) is 10.2 Å². The Balaban J connectivity index is 2.46. The van der Waals surface area contributed by atoms with E-state index in [1.807, 2.05) is 0 Å². The first-order valence-corrected chi connectivity index (χ1v) is 4.82. The molecule has 0 unspecified atom stereocenters. The molecule has 17 heavy (non-hydrogen) atoms. The number of rotatable bonds is 1. The molecule has 0 spiro atoms. The highest BCUT2D eigenvalue weighted by Crippen LogP contribution is 2.09. The molecule has 7 nitrogen and oxygen atoms in total. The Hall–Kier alpha value is -2.57. The minimum absolute atomic E-state index is 0.0424. The highest BCUT2D eigenvalue weighted by molar-refractivity contribution is 5.55. The van der Waals surface area contributed by atoms with Crippen molar-refractivity contribution in [2.75, 3.05) is 0 Å². The van der Waals surface area contributed by atoms with Crippen LogP contribution >= 0.6 is 0 Å². The number of aromatic amines is 1. The monoisotopic (exact) mass is 230 g/mol. The van der Waals surface area contributed by atoms with Crippen molar-refractivity contribution < 1.29 is 2.74 Å². The first-order valence-electron chi connectivity index (χ1n) is 5.82. The fourth-order valence-corrected chi connectivity index (χ4v) is 1.54. The van der Waals surface area contributed by atoms with Crippen LogP contribution in [-0.4, -0.2) is 30.0 Å². The molecule has 1 N–H and O–H groups in total. The molecule has 0 amide bonds. The summed E-state index contributed by atoms with van der Waals surface area (Å²) in [4.78, 5) is 16.5. The van der Waals surface area contributed by atoms with Crippen LogP contribution in [0.3, 0.4) is 0 Å². The zero-order chi connectivity index (χ0) is 13.6. The van der Waals surface area contributed by atoms with Gasteiger partial charge in [-0.25, -0.2) is 4.98 Å². The zero-order valence-electron chi connectivity index (χ0n) is 10.8. The number of pyridine rings is 1. The smallest absolute Gasteiger partial charge is 0.268 e. The number of nitrogens with one attached hydrogen (secondary N) is 1. The molecular formula is C10H8N6O. The van der Waals surface area contributed by atoms with Crippen LogP contribution in [-0.2, 0) is 0 Å². The van der Waals surface area contributed by atoms with Gasteiger partial charge in [0.1, 0.15) is 11.2 Å². The lowest BCUT2D eigenvalue weighted by molar-refractivity contribution is 0.881. The third-order valence-electron chi connectivity index (χ3n) is 2.37. The van der Waals surface area contributed by atoms with Crippen LogP contribution in [0.1, 0.15) is 8.30 Å². The van der Waals surface area contributed by atoms with Crippen molar-refractivity contribution in [1.82, 2.24) is 30.0 Å². The van der Waals surface area contributed by atoms with Crippen molar-refractivity contribution in [1.29, 1.82) is 0 Å². The molecule has 0 saturated heterocycles. The summed E-state index contributed by atoms with van der Waals surface area (Å²) in [6.07, 6.45) is 1.13. The Morgan fingerprint density at radius 3 is 3.18 bits per heavy atom. The van der Waals surface area contributed by atoms with Gasteiger partial charge in [-0.3, -0.25) is 9.20 Å². The topological polar surface area (TPSA) is 88.8 Å². The van der Waals surface area contributed by atoms with Gasteiger partial charge in [-0.1, -0.05) is 6.07 Å². The summed E-state index contributed by atoms with van der Waals surface area (Å²) in [5, 5.41) is 13.1. The van der Waals surface area contributed by atoms with Crippen LogP contribution in [0.5, 0.6) is 0 Å². The van der Waals surface area contributed by atoms with Crippen LogP contribution in [0.15, 0.2) is 29.3 Å². The molecule has 3 rings (SSSR count). The molecule has 0 atom stereocenters. The average molecular weight is 230 g/mol. The maximum Gasteiger partial charge on any atom is 0.269 e. The minimum atomic E-state index is -0.492. The second-order valence-electron chi connectivity index (χ2n) is 3.45. The normalized spacial score (nSPS) is 12.5. The summed E-state index contributed by atoms with van der Waals surface area (Å²) in [6, 6.07) is 1.46. The van der Waals surface area contributed by atoms with E-state index >= 15 is 0 Å². The van der Waals surface area contributed by atoms with E-state index in [9.17, 15) is 4.79 Å². The fourth-order valence-electron chi connectivity index (χ4n) is 1.54. The highest BCUT2D eigenvalue weighted by atomic mass is 16.1. The predicted molar refractivity (Wildman–Crippen MR) is 59.4 cm³/mol. The second-order valence-corrected chi connectivity index (χ2v) is 3.45. The summed E-state index contributed by atoms with van der Waals surface area (Å²) < 4.78 is 16.6. The van der Waals surface area contributed by atoms with Gasteiger partial charge in [0, 0.05) is 12.4 Å². The van der Waals surface area contributed by atoms with Crippen molar-refractivity contribution in [2.45, 2.75) is 6.92 Å². The Morgan fingerprint density at radius 2 is 2.41 bits per heavy atom. The number of aromatic nitrogens is 6. The van der Waals surface area contributed by atoms with E-state index in [-0.39, 0.29) is 23.6 Å². The van der Waals surface area contributed by atoms with Crippen LogP contribution < -0.4 is 5.56 Å². The van der Waals surface area contributed by atoms with E-state index in [1.54, 1.807) is 6.92 Å². The van der Waals surface area contributed by atoms with Crippen molar-refractivity contribution in [3.8, 4) is 11.4 Å². The number of nitrogens with zero attached hydrogens (tertiary/aromatic N) is 5. The Morgan fingerprint density at radius 1 is 1.53 bits per heavy atom. The van der Waals surface area contributed by atoms with Gasteiger partial charge in [0.2, 0.25) is 5.82 Å². The van der Waals surface area contributed by atoms with E-state index in [2.05, 4.69) is 25.6 Å². The predicted octanol–water partition coefficient (Wildman–Crippen LogP) is 0.183. The molecule has 0 aliphatic rings. The average Bonchev–Trinajstić information content (AvgIpc) is 2.89. The summed E-state index contributed by atoms with van der Waals surface area (Å²) in [5.41, 5.74) is 0.634. The van der Waals surface area contributed by atoms with Crippen LogP contribution in [0, 0.1) is 6.92 Å². The molecule has 3 aromatic heterocycles. The fraction of sp³-hybridized carbons (Fsp3) is 0.100. The molecule has 3 aromatic rings. The molecule has 84 valence electrons. The van der Waals surface area contributed by atoms with E-state index in [0.717, 1.165) is 4.40 Å². The van der Waals surface area contributed by atoms with Gasteiger partial charge in [0.15, 0.2) is 0 Å². The summed E-state index contributed by atoms with van der Waals surface area (Å²) in [6.45, 7) is 1.73. The molecule has 0 aromatic carbocycles. The largest absolute Gasteiger partial charge is 0.269 e. The number of hydrogen-bond donors (Lipinski definition) is 1. The molecule has 0 aliphatic heterocycles. The van der Waals surface area contributed by atoms with Gasteiger partial charge >= 0.3 is 0 Å². The van der Waals surface area contributed by atoms with Gasteiger partial charge in [-0.2, -0.15) is 5.21 Å². The van der Waals surface area contributed by atoms with Gasteiger partial charge in [0.25, 0.3) is 5.56 Å². The lowest BCUT2D eigenvalue weighted by atomic mass is 10.2. The SMILES string of the molecule is [2H]c1cc(C)c2ncc(-c3nn[nH]n3)c(=O)n2c1[2H]. The first kappa shape index (κ1) is 7.66. The molecule has 3 heterocycles. The van der Waals surface area contributed by atoms with E-state index in [4.69, 9.17) is 2.74 Å². The first-order chi connectivity index (χ1) is 9.09. The second kappa shape index (κ2) is 3.48. The standard InChI is InChI=1S/C10H8N6O/c1-6-3-2-4-16-9(6)11-5-7(10(16)17)8-12-14-15-13-8/h2-5H,1H3,(H,12,13,14,15)/i2D,4D. The van der Waals surface area contributed by atoms with Gasteiger partial charge in [0.05, 0.1) is 2.74 Å². The number of tetrazole rings is 1. The lowest BCUT2D eigenvalue weighted by Crippen LogP contribution is -2.17. The van der Waals surface area contributed by atoms with Crippen LogP contribution in [0.4, 0.5) is 0 Å². The van der Waals surface area contributed by atoms with Gasteiger partial charge in [-0.05, 0) is 23.7 Å². The lowest BCUT2D eigenvalue weighted by Gasteiger charge is -2.03. The quantitative estimate of drug-likeness (QED) is 0.644. The number of hydrogen-bond acceptors (Lipinski definition) is 5. The summed E-state index contributed by atoms with van der Waals surface area (Å²) in [5.74, 6) is 0.110. The third kappa shape index (κ3) is 1.40. The zero-order valence-corrected chi connectivity index (χ0v) is 8.80. The van der Waals surface area contributed by atoms with E-state index in [1.165, 1.54) is 12.3 Å². The maximum atomic E-state index is 12.4. The van der Waals surface area contributed by atoms with Crippen molar-refractivity contribution >= 4 is 5.65 Å². The third-order valence-corrected chi connectivity index (χ3v) is 2.37. The van der Waals surface area contributed by atoms with E-state index < -0.39 is 5.56 Å². The minimum Gasteiger partial charge on any atom is -0.268 e. The Labute approximate surface area is 97.9 Å². The molecule has 0 bridgehead atoms. The molecule has 0 saturated carbocycles. The highest BCUT2D eigenvalue weighted by Gasteiger charge is 2.11. The van der Waals surface area contributed by atoms with Crippen LogP contribution in [0.25, 0.3) is 17.0 Å². The number of aryl methyl sites for hydroxylation is 1. The van der Waals surface area contributed by atoms with Crippen LogP contribution in [0.2, 0.25) is 0 Å². The molecular weight excluding hydrogens is 220 g/mol. The molecule has 7 heteroatoms.